The van der Waals surface area contributed by atoms with Crippen LogP contribution in [0.3, 0.4) is 0 Å². The van der Waals surface area contributed by atoms with E-state index >= 15 is 0 Å². The van der Waals surface area contributed by atoms with Crippen LogP contribution in [0, 0.1) is 23.7 Å². The molecule has 5 atom stereocenters. The minimum Gasteiger partial charge on any atom is -0.462 e. The topological polar surface area (TPSA) is 237 Å². The van der Waals surface area contributed by atoms with Gasteiger partial charge in [-0.2, -0.15) is 0 Å². The van der Waals surface area contributed by atoms with E-state index < -0.39 is 97.5 Å². The summed E-state index contributed by atoms with van der Waals surface area (Å²) >= 11 is 0. The number of rotatable bonds is 78. The molecule has 0 saturated carbocycles. The number of ether oxygens (including phenoxy) is 4. The van der Waals surface area contributed by atoms with Crippen LogP contribution in [0.1, 0.15) is 415 Å². The van der Waals surface area contributed by atoms with Gasteiger partial charge in [-0.05, 0) is 49.4 Å². The Balaban J connectivity index is 5.19. The number of hydrogen-bond acceptors (Lipinski definition) is 15. The number of esters is 4. The monoisotopic (exact) mass is 1470 g/mol. The second-order valence-corrected chi connectivity index (χ2v) is 34.0. The molecule has 0 aromatic carbocycles. The first-order chi connectivity index (χ1) is 48.1. The predicted molar refractivity (Wildman–Crippen MR) is 409 cm³/mol. The number of aliphatic hydroxyl groups excluding tert-OH is 1. The van der Waals surface area contributed by atoms with Gasteiger partial charge in [-0.1, -0.05) is 364 Å². The number of phosphoric acid groups is 2. The van der Waals surface area contributed by atoms with Gasteiger partial charge >= 0.3 is 39.5 Å². The van der Waals surface area contributed by atoms with Crippen LogP contribution in [0.5, 0.6) is 0 Å². The average Bonchev–Trinajstić information content (AvgIpc) is 0.912. The molecule has 0 heterocycles. The maximum Gasteiger partial charge on any atom is 0.472 e. The average molecular weight is 1470 g/mol. The van der Waals surface area contributed by atoms with Crippen LogP contribution in [0.15, 0.2) is 0 Å². The van der Waals surface area contributed by atoms with Gasteiger partial charge in [0.25, 0.3) is 0 Å². The fourth-order valence-electron chi connectivity index (χ4n) is 12.4. The molecule has 3 unspecified atom stereocenters. The van der Waals surface area contributed by atoms with Crippen molar-refractivity contribution < 1.29 is 80.2 Å². The van der Waals surface area contributed by atoms with Gasteiger partial charge in [-0.3, -0.25) is 37.3 Å². The van der Waals surface area contributed by atoms with E-state index in [0.29, 0.717) is 31.6 Å². The second-order valence-electron chi connectivity index (χ2n) is 31.1. The van der Waals surface area contributed by atoms with E-state index in [1.165, 1.54) is 212 Å². The van der Waals surface area contributed by atoms with Crippen LogP contribution < -0.4 is 0 Å². The summed E-state index contributed by atoms with van der Waals surface area (Å²) in [4.78, 5) is 73.0. The highest BCUT2D eigenvalue weighted by atomic mass is 31.2. The van der Waals surface area contributed by atoms with E-state index in [-0.39, 0.29) is 25.7 Å². The lowest BCUT2D eigenvalue weighted by molar-refractivity contribution is -0.161. The first kappa shape index (κ1) is 98.1. The minimum absolute atomic E-state index is 0.105. The fraction of sp³-hybridized carbons (Fsp3) is 0.951. The smallest absolute Gasteiger partial charge is 0.462 e. The molecule has 19 heteroatoms. The number of hydrogen-bond donors (Lipinski definition) is 3. The Morgan fingerprint density at radius 1 is 0.250 bits per heavy atom. The molecule has 0 radical (unpaired) electrons. The standard InChI is InChI=1S/C81H158O17P2/c1-71(2)57-49-41-33-26-21-17-13-9-11-15-19-23-29-37-45-53-61-78(83)91-67-76(98-81(86)64-56-48-39-31-25-28-35-43-51-59-73(5)6)69-95-99(87,88)93-65-75(82)66-94-100(89,90)96-70-77(68-92-79(84)62-54-46-40-32-36-44-52-60-74(7)8)97-80(85)63-55-47-38-30-24-20-16-12-10-14-18-22-27-34-42-50-58-72(3)4/h71-77,82H,9-70H2,1-8H3,(H,87,88)(H,89,90)/t75?,76-,77-/m1/s1. The van der Waals surface area contributed by atoms with Gasteiger partial charge in [0.15, 0.2) is 12.2 Å². The van der Waals surface area contributed by atoms with Crippen molar-refractivity contribution in [3.8, 4) is 0 Å². The first-order valence-electron chi connectivity index (χ1n) is 41.7. The number of unbranched alkanes of at least 4 members (excludes halogenated alkanes) is 44. The number of phosphoric ester groups is 2. The Kier molecular flexibility index (Phi) is 68.7. The largest absolute Gasteiger partial charge is 0.472 e. The molecule has 0 aliphatic carbocycles. The summed E-state index contributed by atoms with van der Waals surface area (Å²) in [6, 6.07) is 0. The Morgan fingerprint density at radius 2 is 0.420 bits per heavy atom. The molecule has 0 rings (SSSR count). The van der Waals surface area contributed by atoms with Crippen molar-refractivity contribution in [1.29, 1.82) is 0 Å². The van der Waals surface area contributed by atoms with Gasteiger partial charge in [0.2, 0.25) is 0 Å². The number of carbonyl (C=O) groups is 4. The van der Waals surface area contributed by atoms with Crippen molar-refractivity contribution in [1.82, 2.24) is 0 Å². The minimum atomic E-state index is -4.96. The van der Waals surface area contributed by atoms with Crippen LogP contribution in [0.4, 0.5) is 0 Å². The van der Waals surface area contributed by atoms with Crippen molar-refractivity contribution in [2.75, 3.05) is 39.6 Å². The third-order valence-corrected chi connectivity index (χ3v) is 20.7. The van der Waals surface area contributed by atoms with Crippen molar-refractivity contribution in [2.24, 2.45) is 23.7 Å². The Labute approximate surface area is 613 Å². The van der Waals surface area contributed by atoms with Crippen LogP contribution in [0.2, 0.25) is 0 Å². The van der Waals surface area contributed by atoms with Crippen molar-refractivity contribution >= 4 is 39.5 Å². The molecule has 0 aliphatic rings. The summed E-state index contributed by atoms with van der Waals surface area (Å²) in [5, 5.41) is 10.6. The highest BCUT2D eigenvalue weighted by Crippen LogP contribution is 2.45. The van der Waals surface area contributed by atoms with E-state index in [1.807, 2.05) is 0 Å². The summed E-state index contributed by atoms with van der Waals surface area (Å²) in [6.45, 7) is 14.2. The number of carbonyl (C=O) groups excluding carboxylic acids is 4. The molecule has 0 amide bonds. The molecule has 3 N–H and O–H groups in total. The summed E-state index contributed by atoms with van der Waals surface area (Å²) in [7, 11) is -9.92. The van der Waals surface area contributed by atoms with Gasteiger partial charge in [0.05, 0.1) is 26.4 Å². The SMILES string of the molecule is CC(C)CCCCCCCCCCCCCCCCCCC(=O)OC[C@H](COP(=O)(O)OCC(O)COP(=O)(O)OC[C@@H](COC(=O)CCCCCCCCCC(C)C)OC(=O)CCCCCCCCCCCCCCCCCCC(C)C)OC(=O)CCCCCCCCCCCC(C)C. The molecule has 17 nitrogen and oxygen atoms in total. The molecule has 0 saturated heterocycles. The second kappa shape index (κ2) is 70.1. The van der Waals surface area contributed by atoms with E-state index in [4.69, 9.17) is 37.0 Å². The Morgan fingerprint density at radius 3 is 0.620 bits per heavy atom. The zero-order valence-corrected chi connectivity index (χ0v) is 67.6. The van der Waals surface area contributed by atoms with Crippen LogP contribution in [-0.2, 0) is 65.4 Å². The predicted octanol–water partition coefficient (Wildman–Crippen LogP) is 24.0. The van der Waals surface area contributed by atoms with Gasteiger partial charge in [-0.15, -0.1) is 0 Å². The van der Waals surface area contributed by atoms with E-state index in [9.17, 15) is 43.2 Å². The van der Waals surface area contributed by atoms with Gasteiger partial charge in [-0.25, -0.2) is 9.13 Å². The van der Waals surface area contributed by atoms with Crippen LogP contribution in [0.25, 0.3) is 0 Å². The molecule has 0 aromatic heterocycles. The molecule has 0 fully saturated rings. The maximum atomic E-state index is 13.1. The zero-order chi connectivity index (χ0) is 73.8. The summed E-state index contributed by atoms with van der Waals surface area (Å²) < 4.78 is 68.7. The lowest BCUT2D eigenvalue weighted by Gasteiger charge is -2.21. The van der Waals surface area contributed by atoms with E-state index in [2.05, 4.69) is 55.4 Å². The highest BCUT2D eigenvalue weighted by molar-refractivity contribution is 7.47. The summed E-state index contributed by atoms with van der Waals surface area (Å²) in [5.41, 5.74) is 0. The third kappa shape index (κ3) is 74.3. The lowest BCUT2D eigenvalue weighted by atomic mass is 10.0. The third-order valence-electron chi connectivity index (χ3n) is 18.8. The Hall–Kier alpha value is -1.94. The lowest BCUT2D eigenvalue weighted by Crippen LogP contribution is -2.30. The molecule has 100 heavy (non-hydrogen) atoms. The normalized spacial score (nSPS) is 14.0. The molecule has 0 aromatic rings. The molecule has 0 spiro atoms. The van der Waals surface area contributed by atoms with Crippen LogP contribution in [-0.4, -0.2) is 96.7 Å². The van der Waals surface area contributed by atoms with Crippen molar-refractivity contribution in [3.63, 3.8) is 0 Å². The molecular formula is C81H158O17P2. The maximum absolute atomic E-state index is 13.1. The summed E-state index contributed by atoms with van der Waals surface area (Å²) in [5.74, 6) is 0.947. The summed E-state index contributed by atoms with van der Waals surface area (Å²) in [6.07, 6.45) is 57.1. The first-order valence-corrected chi connectivity index (χ1v) is 44.7. The van der Waals surface area contributed by atoms with Crippen LogP contribution >= 0.6 is 15.6 Å². The molecular weight excluding hydrogens is 1310 g/mol. The van der Waals surface area contributed by atoms with Crippen molar-refractivity contribution in [3.05, 3.63) is 0 Å². The molecule has 0 aliphatic heterocycles. The van der Waals surface area contributed by atoms with Crippen molar-refractivity contribution in [2.45, 2.75) is 433 Å². The number of aliphatic hydroxyl groups is 1. The van der Waals surface area contributed by atoms with Gasteiger partial charge in [0.1, 0.15) is 19.3 Å². The molecule has 594 valence electrons. The van der Waals surface area contributed by atoms with Gasteiger partial charge in [0, 0.05) is 25.7 Å². The fourth-order valence-corrected chi connectivity index (χ4v) is 14.0. The zero-order valence-electron chi connectivity index (χ0n) is 65.8. The van der Waals surface area contributed by atoms with E-state index in [0.717, 1.165) is 114 Å². The van der Waals surface area contributed by atoms with E-state index in [1.54, 1.807) is 0 Å². The molecule has 0 bridgehead atoms. The Bertz CT molecular complexity index is 1950. The van der Waals surface area contributed by atoms with Gasteiger partial charge < -0.3 is 33.8 Å². The highest BCUT2D eigenvalue weighted by Gasteiger charge is 2.30. The quantitative estimate of drug-likeness (QED) is 0.0222.